The fraction of sp³-hybridized carbons (Fsp3) is 0.167. The number of para-hydroxylation sites is 1. The molecule has 6 rings (SSSR count). The third-order valence-electron chi connectivity index (χ3n) is 7.33. The molecule has 4 aromatic carbocycles. The highest BCUT2D eigenvalue weighted by Crippen LogP contribution is 2.37. The van der Waals surface area contributed by atoms with Gasteiger partial charge in [0.1, 0.15) is 5.82 Å². The van der Waals surface area contributed by atoms with E-state index in [-0.39, 0.29) is 0 Å². The van der Waals surface area contributed by atoms with E-state index in [1.807, 2.05) is 12.4 Å². The van der Waals surface area contributed by atoms with E-state index in [0.717, 1.165) is 22.6 Å². The Morgan fingerprint density at radius 3 is 2.00 bits per heavy atom. The number of rotatable bonds is 7. The molecule has 2 aromatic heterocycles. The number of aromatic nitrogens is 3. The van der Waals surface area contributed by atoms with E-state index in [1.165, 1.54) is 37.4 Å². The van der Waals surface area contributed by atoms with E-state index in [2.05, 4.69) is 136 Å². The fourth-order valence-corrected chi connectivity index (χ4v) is 6.32. The van der Waals surface area contributed by atoms with Crippen LogP contribution < -0.4 is 0 Å². The van der Waals surface area contributed by atoms with Crippen molar-refractivity contribution in [3.05, 3.63) is 127 Å². The lowest BCUT2D eigenvalue weighted by atomic mass is 9.92. The first-order valence-electron chi connectivity index (χ1n) is 13.9. The predicted molar refractivity (Wildman–Crippen MR) is 168 cm³/mol. The van der Waals surface area contributed by atoms with E-state index in [4.69, 9.17) is 9.97 Å². The molecular weight excluding hydrogens is 506 g/mol. The van der Waals surface area contributed by atoms with Crippen LogP contribution in [0, 0.1) is 0 Å². The maximum atomic E-state index is 4.84. The Hall–Kier alpha value is -4.15. The third kappa shape index (κ3) is 5.07. The summed E-state index contributed by atoms with van der Waals surface area (Å²) in [5.41, 5.74) is 7.19. The van der Waals surface area contributed by atoms with Gasteiger partial charge in [-0.05, 0) is 58.7 Å². The van der Waals surface area contributed by atoms with Crippen LogP contribution in [0.15, 0.2) is 125 Å². The lowest BCUT2D eigenvalue weighted by Crippen LogP contribution is -2.07. The van der Waals surface area contributed by atoms with Gasteiger partial charge in [0.25, 0.3) is 0 Å². The molecule has 3 nitrogen and oxygen atoms in total. The van der Waals surface area contributed by atoms with E-state index < -0.39 is 0 Å². The van der Waals surface area contributed by atoms with Gasteiger partial charge < -0.3 is 0 Å². The Morgan fingerprint density at radius 1 is 0.625 bits per heavy atom. The molecule has 2 heterocycles. The van der Waals surface area contributed by atoms with Gasteiger partial charge in [-0.1, -0.05) is 106 Å². The second-order valence-corrected chi connectivity index (χ2v) is 11.9. The van der Waals surface area contributed by atoms with Crippen molar-refractivity contribution in [3.63, 3.8) is 0 Å². The quantitative estimate of drug-likeness (QED) is 0.202. The van der Waals surface area contributed by atoms with Crippen LogP contribution in [-0.2, 0) is 0 Å². The molecule has 0 unspecified atom stereocenters. The maximum absolute atomic E-state index is 4.84. The number of imidazole rings is 1. The summed E-state index contributed by atoms with van der Waals surface area (Å²) in [6.07, 6.45) is 5.91. The van der Waals surface area contributed by atoms with Crippen molar-refractivity contribution in [2.24, 2.45) is 0 Å². The Kier molecular flexibility index (Phi) is 7.27. The van der Waals surface area contributed by atoms with Crippen LogP contribution in [0.1, 0.15) is 50.7 Å². The van der Waals surface area contributed by atoms with Crippen molar-refractivity contribution >= 4 is 22.5 Å². The zero-order chi connectivity index (χ0) is 27.6. The van der Waals surface area contributed by atoms with Gasteiger partial charge in [-0.3, -0.25) is 9.55 Å². The summed E-state index contributed by atoms with van der Waals surface area (Å²) in [5, 5.41) is 2.37. The highest BCUT2D eigenvalue weighted by atomic mass is 32.2. The van der Waals surface area contributed by atoms with E-state index in [9.17, 15) is 0 Å². The largest absolute Gasteiger partial charge is 0.299 e. The molecule has 0 aliphatic rings. The van der Waals surface area contributed by atoms with Crippen molar-refractivity contribution in [1.82, 2.24) is 14.5 Å². The standard InChI is InChI=1S/C36H33N3S/c1-24(2)31-16-9-17-32(25(3)4)35(31)39-21-20-38-36(39)28-12-8-14-30(23-28)40-29-13-7-11-27(22-29)34-33-15-6-5-10-26(33)18-19-37-34/h5-25H,1-4H3. The third-order valence-corrected chi connectivity index (χ3v) is 8.31. The van der Waals surface area contributed by atoms with Gasteiger partial charge in [0.05, 0.1) is 11.4 Å². The summed E-state index contributed by atoms with van der Waals surface area (Å²) in [6.45, 7) is 9.05. The van der Waals surface area contributed by atoms with Gasteiger partial charge in [0.15, 0.2) is 0 Å². The van der Waals surface area contributed by atoms with E-state index in [1.54, 1.807) is 11.8 Å². The summed E-state index contributed by atoms with van der Waals surface area (Å²) in [7, 11) is 0. The van der Waals surface area contributed by atoms with Gasteiger partial charge in [0, 0.05) is 44.9 Å². The second kappa shape index (κ2) is 11.1. The highest BCUT2D eigenvalue weighted by molar-refractivity contribution is 7.99. The normalized spacial score (nSPS) is 11.6. The molecule has 0 aliphatic heterocycles. The average Bonchev–Trinajstić information content (AvgIpc) is 3.46. The molecule has 0 aliphatic carbocycles. The summed E-state index contributed by atoms with van der Waals surface area (Å²) < 4.78 is 2.28. The molecule has 0 saturated carbocycles. The molecule has 0 radical (unpaired) electrons. The minimum absolute atomic E-state index is 0.411. The van der Waals surface area contributed by atoms with Gasteiger partial charge in [0.2, 0.25) is 0 Å². The molecule has 0 atom stereocenters. The van der Waals surface area contributed by atoms with Gasteiger partial charge in [-0.15, -0.1) is 0 Å². The van der Waals surface area contributed by atoms with Crippen molar-refractivity contribution in [3.8, 4) is 28.3 Å². The second-order valence-electron chi connectivity index (χ2n) is 10.8. The lowest BCUT2D eigenvalue weighted by Gasteiger charge is -2.22. The van der Waals surface area contributed by atoms with Crippen molar-refractivity contribution in [1.29, 1.82) is 0 Å². The summed E-state index contributed by atoms with van der Waals surface area (Å²) in [6, 6.07) is 34.6. The smallest absolute Gasteiger partial charge is 0.144 e. The van der Waals surface area contributed by atoms with Crippen LogP contribution in [0.2, 0.25) is 0 Å². The Labute approximate surface area is 241 Å². The number of hydrogen-bond donors (Lipinski definition) is 0. The predicted octanol–water partition coefficient (Wildman–Crippen LogP) is 10.2. The van der Waals surface area contributed by atoms with Gasteiger partial charge >= 0.3 is 0 Å². The van der Waals surface area contributed by atoms with Gasteiger partial charge in [-0.2, -0.15) is 0 Å². The SMILES string of the molecule is CC(C)c1cccc(C(C)C)c1-n1ccnc1-c1cccc(Sc2cccc(-c3nccc4ccccc34)c2)c1. The number of fused-ring (bicyclic) bond motifs is 1. The number of nitrogens with zero attached hydrogens (tertiary/aromatic N) is 3. The molecular formula is C36H33N3S. The van der Waals surface area contributed by atoms with Crippen molar-refractivity contribution in [2.45, 2.75) is 49.3 Å². The van der Waals surface area contributed by atoms with Crippen LogP contribution >= 0.6 is 11.8 Å². The van der Waals surface area contributed by atoms with E-state index >= 15 is 0 Å². The van der Waals surface area contributed by atoms with Crippen LogP contribution in [0.4, 0.5) is 0 Å². The first-order valence-corrected chi connectivity index (χ1v) is 14.7. The highest BCUT2D eigenvalue weighted by Gasteiger charge is 2.19. The maximum Gasteiger partial charge on any atom is 0.144 e. The first kappa shape index (κ1) is 26.1. The summed E-state index contributed by atoms with van der Waals surface area (Å²) in [4.78, 5) is 11.9. The van der Waals surface area contributed by atoms with E-state index in [0.29, 0.717) is 11.8 Å². The average molecular weight is 540 g/mol. The zero-order valence-corrected chi connectivity index (χ0v) is 24.2. The summed E-state index contributed by atoms with van der Waals surface area (Å²) in [5.74, 6) is 1.79. The Bertz CT molecular complexity index is 1770. The topological polar surface area (TPSA) is 30.7 Å². The molecule has 198 valence electrons. The Balaban J connectivity index is 1.36. The lowest BCUT2D eigenvalue weighted by molar-refractivity contribution is 0.806. The zero-order valence-electron chi connectivity index (χ0n) is 23.4. The van der Waals surface area contributed by atoms with Crippen LogP contribution in [0.3, 0.4) is 0 Å². The number of benzene rings is 4. The molecule has 0 amide bonds. The molecule has 0 N–H and O–H groups in total. The van der Waals surface area contributed by atoms with Crippen LogP contribution in [0.5, 0.6) is 0 Å². The molecule has 4 heteroatoms. The van der Waals surface area contributed by atoms with Crippen molar-refractivity contribution < 1.29 is 0 Å². The summed E-state index contributed by atoms with van der Waals surface area (Å²) >= 11 is 1.77. The molecule has 0 saturated heterocycles. The molecule has 0 bridgehead atoms. The van der Waals surface area contributed by atoms with Crippen LogP contribution in [-0.4, -0.2) is 14.5 Å². The number of hydrogen-bond acceptors (Lipinski definition) is 3. The fourth-order valence-electron chi connectivity index (χ4n) is 5.38. The molecule has 40 heavy (non-hydrogen) atoms. The minimum Gasteiger partial charge on any atom is -0.299 e. The van der Waals surface area contributed by atoms with Crippen molar-refractivity contribution in [2.75, 3.05) is 0 Å². The monoisotopic (exact) mass is 539 g/mol. The minimum atomic E-state index is 0.411. The first-order chi connectivity index (χ1) is 19.5. The van der Waals surface area contributed by atoms with Gasteiger partial charge in [-0.25, -0.2) is 4.98 Å². The Morgan fingerprint density at radius 2 is 1.27 bits per heavy atom. The number of pyridine rings is 1. The van der Waals surface area contributed by atoms with Crippen LogP contribution in [0.25, 0.3) is 39.1 Å². The molecule has 6 aromatic rings. The molecule has 0 spiro atoms. The molecule has 0 fully saturated rings.